The number of nitrogens with one attached hydrogen (secondary N) is 1. The summed E-state index contributed by atoms with van der Waals surface area (Å²) in [6, 6.07) is 7.84. The van der Waals surface area contributed by atoms with E-state index in [9.17, 15) is 26.0 Å². The summed E-state index contributed by atoms with van der Waals surface area (Å²) in [7, 11) is -4.37. The summed E-state index contributed by atoms with van der Waals surface area (Å²) in [5.41, 5.74) is 0.737. The van der Waals surface area contributed by atoms with Gasteiger partial charge in [0.25, 0.3) is 10.0 Å². The Morgan fingerprint density at radius 3 is 2.60 bits per heavy atom. The molecule has 30 heavy (non-hydrogen) atoms. The summed E-state index contributed by atoms with van der Waals surface area (Å²) in [6.45, 7) is 1.93. The molecular formula is C19H13F4N3O2S2. The number of hydrogen-bond acceptors (Lipinski definition) is 4. The lowest BCUT2D eigenvalue weighted by Gasteiger charge is -2.12. The molecule has 0 unspecified atom stereocenters. The smallest absolute Gasteiger partial charge is 0.294 e. The highest BCUT2D eigenvalue weighted by Gasteiger charge is 2.35. The van der Waals surface area contributed by atoms with Gasteiger partial charge in [0.05, 0.1) is 16.2 Å². The van der Waals surface area contributed by atoms with Gasteiger partial charge >= 0.3 is 6.18 Å². The molecule has 11 heteroatoms. The number of aryl methyl sites for hydroxylation is 1. The predicted octanol–water partition coefficient (Wildman–Crippen LogP) is 5.33. The molecule has 0 saturated carbocycles. The van der Waals surface area contributed by atoms with Crippen LogP contribution in [0.15, 0.2) is 58.9 Å². The molecule has 0 spiro atoms. The molecule has 0 aliphatic carbocycles. The normalized spacial score (nSPS) is 12.4. The van der Waals surface area contributed by atoms with Gasteiger partial charge in [-0.3, -0.25) is 9.12 Å². The summed E-state index contributed by atoms with van der Waals surface area (Å²) in [6.07, 6.45) is -3.20. The van der Waals surface area contributed by atoms with Crippen molar-refractivity contribution in [2.75, 3.05) is 4.72 Å². The van der Waals surface area contributed by atoms with Crippen LogP contribution in [0.25, 0.3) is 16.2 Å². The van der Waals surface area contributed by atoms with Crippen molar-refractivity contribution in [1.29, 1.82) is 0 Å². The third-order valence-corrected chi connectivity index (χ3v) is 6.69. The molecule has 0 aliphatic rings. The average Bonchev–Trinajstić information content (AvgIpc) is 3.23. The topological polar surface area (TPSA) is 63.5 Å². The Bertz CT molecular complexity index is 1360. The number of hydrogen-bond donors (Lipinski definition) is 1. The van der Waals surface area contributed by atoms with Gasteiger partial charge < -0.3 is 0 Å². The molecule has 2 heterocycles. The van der Waals surface area contributed by atoms with Crippen molar-refractivity contribution in [3.63, 3.8) is 0 Å². The number of rotatable bonds is 4. The second-order valence-electron chi connectivity index (χ2n) is 6.48. The molecule has 1 N–H and O–H groups in total. The fraction of sp³-hybridized carbons (Fsp3) is 0.105. The van der Waals surface area contributed by atoms with Crippen molar-refractivity contribution in [1.82, 2.24) is 9.38 Å². The van der Waals surface area contributed by atoms with Crippen LogP contribution in [0.3, 0.4) is 0 Å². The highest BCUT2D eigenvalue weighted by molar-refractivity contribution is 7.92. The van der Waals surface area contributed by atoms with Crippen molar-refractivity contribution in [3.8, 4) is 11.3 Å². The number of alkyl halides is 3. The second-order valence-corrected chi connectivity index (χ2v) is 9.00. The van der Waals surface area contributed by atoms with Crippen molar-refractivity contribution in [2.45, 2.75) is 18.0 Å². The van der Waals surface area contributed by atoms with Crippen LogP contribution in [0, 0.1) is 12.7 Å². The maximum atomic E-state index is 13.5. The van der Waals surface area contributed by atoms with Gasteiger partial charge in [0.1, 0.15) is 5.82 Å². The number of thiazole rings is 1. The van der Waals surface area contributed by atoms with E-state index in [0.29, 0.717) is 17.3 Å². The Morgan fingerprint density at radius 2 is 1.90 bits per heavy atom. The Kier molecular flexibility index (Phi) is 4.82. The summed E-state index contributed by atoms with van der Waals surface area (Å²) in [4.78, 5) is 4.57. The zero-order valence-electron chi connectivity index (χ0n) is 15.2. The van der Waals surface area contributed by atoms with E-state index in [1.165, 1.54) is 23.5 Å². The number of fused-ring (bicyclic) bond motifs is 1. The van der Waals surface area contributed by atoms with Gasteiger partial charge in [-0.1, -0.05) is 12.1 Å². The standard InChI is InChI=1S/C19H13F4N3O2S2/c1-11-10-29-18-24-17(9-26(11)18)12-3-2-4-13(7-12)25-30(27,28)14-5-6-16(20)15(8-14)19(21,22)23/h2-10,25H,1H3. The van der Waals surface area contributed by atoms with Crippen LogP contribution in [0.1, 0.15) is 11.3 Å². The third-order valence-electron chi connectivity index (χ3n) is 4.35. The largest absolute Gasteiger partial charge is 0.419 e. The molecule has 0 amide bonds. The number of benzene rings is 2. The van der Waals surface area contributed by atoms with Crippen LogP contribution in [0.4, 0.5) is 23.2 Å². The summed E-state index contributed by atoms with van der Waals surface area (Å²) >= 11 is 1.46. The van der Waals surface area contributed by atoms with E-state index in [-0.39, 0.29) is 11.8 Å². The molecule has 0 atom stereocenters. The van der Waals surface area contributed by atoms with Gasteiger partial charge in [-0.2, -0.15) is 13.2 Å². The zero-order valence-corrected chi connectivity index (χ0v) is 16.9. The van der Waals surface area contributed by atoms with Crippen LogP contribution in [-0.2, 0) is 16.2 Å². The predicted molar refractivity (Wildman–Crippen MR) is 105 cm³/mol. The van der Waals surface area contributed by atoms with E-state index in [0.717, 1.165) is 16.7 Å². The maximum absolute atomic E-state index is 13.5. The van der Waals surface area contributed by atoms with E-state index in [2.05, 4.69) is 9.71 Å². The van der Waals surface area contributed by atoms with Crippen LogP contribution < -0.4 is 4.72 Å². The highest BCUT2D eigenvalue weighted by atomic mass is 32.2. The van der Waals surface area contributed by atoms with Crippen LogP contribution >= 0.6 is 11.3 Å². The molecule has 0 fully saturated rings. The van der Waals surface area contributed by atoms with Crippen LogP contribution in [0.5, 0.6) is 0 Å². The third kappa shape index (κ3) is 3.77. The Hall–Kier alpha value is -2.92. The molecule has 0 saturated heterocycles. The number of nitrogens with zero attached hydrogens (tertiary/aromatic N) is 2. The first-order valence-electron chi connectivity index (χ1n) is 8.48. The van der Waals surface area contributed by atoms with Crippen molar-refractivity contribution in [3.05, 3.63) is 71.1 Å². The molecule has 2 aromatic carbocycles. The van der Waals surface area contributed by atoms with E-state index >= 15 is 0 Å². The first kappa shape index (κ1) is 20.4. The monoisotopic (exact) mass is 455 g/mol. The minimum absolute atomic E-state index is 0.137. The van der Waals surface area contributed by atoms with E-state index in [1.807, 2.05) is 22.9 Å². The van der Waals surface area contributed by atoms with Crippen molar-refractivity contribution < 1.29 is 26.0 Å². The van der Waals surface area contributed by atoms with E-state index in [4.69, 9.17) is 0 Å². The van der Waals surface area contributed by atoms with Gasteiger partial charge in [-0.25, -0.2) is 17.8 Å². The molecule has 4 rings (SSSR count). The first-order chi connectivity index (χ1) is 14.0. The SMILES string of the molecule is Cc1csc2nc(-c3cccc(NS(=O)(=O)c4ccc(F)c(C(F)(F)F)c4)c3)cn12. The molecule has 0 bridgehead atoms. The summed E-state index contributed by atoms with van der Waals surface area (Å²) in [5, 5.41) is 1.95. The van der Waals surface area contributed by atoms with Gasteiger partial charge in [-0.05, 0) is 37.3 Å². The van der Waals surface area contributed by atoms with Crippen LogP contribution in [-0.4, -0.2) is 17.8 Å². The van der Waals surface area contributed by atoms with Crippen molar-refractivity contribution in [2.24, 2.45) is 0 Å². The number of aromatic nitrogens is 2. The molecule has 4 aromatic rings. The number of anilines is 1. The zero-order chi connectivity index (χ0) is 21.7. The minimum atomic E-state index is -5.01. The molecular weight excluding hydrogens is 442 g/mol. The van der Waals surface area contributed by atoms with Crippen LogP contribution in [0.2, 0.25) is 0 Å². The fourth-order valence-corrected chi connectivity index (χ4v) is 4.80. The Labute approximate surface area is 172 Å². The van der Waals surface area contributed by atoms with E-state index < -0.39 is 32.5 Å². The summed E-state index contributed by atoms with van der Waals surface area (Å²) < 4.78 is 81.5. The van der Waals surface area contributed by atoms with Gasteiger partial charge in [0.2, 0.25) is 0 Å². The van der Waals surface area contributed by atoms with Gasteiger partial charge in [0, 0.05) is 28.5 Å². The summed E-state index contributed by atoms with van der Waals surface area (Å²) in [5.74, 6) is -1.54. The molecule has 0 radical (unpaired) electrons. The second kappa shape index (κ2) is 7.10. The fourth-order valence-electron chi connectivity index (χ4n) is 2.88. The molecule has 156 valence electrons. The van der Waals surface area contributed by atoms with Gasteiger partial charge in [0.15, 0.2) is 4.96 Å². The lowest BCUT2D eigenvalue weighted by atomic mass is 10.1. The number of imidazole rings is 1. The lowest BCUT2D eigenvalue weighted by Crippen LogP contribution is -2.15. The van der Waals surface area contributed by atoms with Crippen molar-refractivity contribution >= 4 is 32.0 Å². The Balaban J connectivity index is 1.66. The quantitative estimate of drug-likeness (QED) is 0.423. The molecule has 0 aliphatic heterocycles. The Morgan fingerprint density at radius 1 is 1.13 bits per heavy atom. The first-order valence-corrected chi connectivity index (χ1v) is 10.8. The number of halogens is 4. The minimum Gasteiger partial charge on any atom is -0.294 e. The lowest BCUT2D eigenvalue weighted by molar-refractivity contribution is -0.140. The van der Waals surface area contributed by atoms with Gasteiger partial charge in [-0.15, -0.1) is 11.3 Å². The molecule has 5 nitrogen and oxygen atoms in total. The van der Waals surface area contributed by atoms with E-state index in [1.54, 1.807) is 12.1 Å². The average molecular weight is 455 g/mol. The number of sulfonamides is 1. The molecule has 2 aromatic heterocycles. The highest BCUT2D eigenvalue weighted by Crippen LogP contribution is 2.33. The maximum Gasteiger partial charge on any atom is 0.419 e.